The summed E-state index contributed by atoms with van der Waals surface area (Å²) in [5, 5.41) is 22.3. The molecule has 1 N–H and O–H groups in total. The Bertz CT molecular complexity index is 671. The van der Waals surface area contributed by atoms with E-state index in [1.807, 2.05) is 67.6 Å². The van der Waals surface area contributed by atoms with Crippen molar-refractivity contribution in [3.8, 4) is 22.5 Å². The number of benzene rings is 2. The van der Waals surface area contributed by atoms with Crippen molar-refractivity contribution in [2.75, 3.05) is 0 Å². The summed E-state index contributed by atoms with van der Waals surface area (Å²) < 4.78 is 0. The third-order valence-electron chi connectivity index (χ3n) is 3.37. The second kappa shape index (κ2) is 4.74. The average molecular weight is 266 g/mol. The van der Waals surface area contributed by atoms with E-state index < -0.39 is 0 Å². The maximum Gasteiger partial charge on any atom is 0.258 e. The van der Waals surface area contributed by atoms with Crippen LogP contribution in [0.1, 0.15) is 5.56 Å². The van der Waals surface area contributed by atoms with E-state index in [1.54, 1.807) is 0 Å². The van der Waals surface area contributed by atoms with Gasteiger partial charge < -0.3 is 10.4 Å². The van der Waals surface area contributed by atoms with Crippen LogP contribution in [-0.2, 0) is 0 Å². The van der Waals surface area contributed by atoms with Gasteiger partial charge in [-0.2, -0.15) is 0 Å². The normalized spacial score (nSPS) is 10.7. The Kier molecular flexibility index (Phi) is 2.91. The Morgan fingerprint density at radius 2 is 1.40 bits per heavy atom. The topological polar surface area (TPSA) is 52.1 Å². The van der Waals surface area contributed by atoms with Crippen LogP contribution < -0.4 is 4.85 Å². The second-order valence-electron chi connectivity index (χ2n) is 4.62. The average Bonchev–Trinajstić information content (AvgIpc) is 2.71. The van der Waals surface area contributed by atoms with Gasteiger partial charge in [-0.1, -0.05) is 48.5 Å². The minimum absolute atomic E-state index is 0.465. The summed E-state index contributed by atoms with van der Waals surface area (Å²) in [6, 6.07) is 18.7. The standard InChI is InChI=1S/C16H14N2O2/c1-12-15(13-8-4-2-5-9-13)17(19)18(20)16(12)14-10-6-3-7-11-14/h2-11,19H,1H3. The van der Waals surface area contributed by atoms with Crippen LogP contribution in [0, 0.1) is 12.1 Å². The molecule has 0 fully saturated rings. The van der Waals surface area contributed by atoms with Crippen LogP contribution in [0.2, 0.25) is 0 Å². The third-order valence-corrected chi connectivity index (χ3v) is 3.37. The Labute approximate surface area is 116 Å². The summed E-state index contributed by atoms with van der Waals surface area (Å²) in [6.07, 6.45) is 0. The summed E-state index contributed by atoms with van der Waals surface area (Å²) >= 11 is 0. The fourth-order valence-electron chi connectivity index (χ4n) is 2.44. The molecule has 20 heavy (non-hydrogen) atoms. The number of nitrogens with zero attached hydrogens (tertiary/aromatic N) is 2. The van der Waals surface area contributed by atoms with E-state index in [2.05, 4.69) is 0 Å². The monoisotopic (exact) mass is 266 g/mol. The van der Waals surface area contributed by atoms with Gasteiger partial charge in [0.1, 0.15) is 0 Å². The fraction of sp³-hybridized carbons (Fsp3) is 0.0625. The molecule has 0 radical (unpaired) electrons. The van der Waals surface area contributed by atoms with E-state index in [4.69, 9.17) is 0 Å². The molecule has 3 aromatic rings. The maximum atomic E-state index is 12.2. The molecule has 2 aromatic carbocycles. The Hall–Kier alpha value is -2.75. The van der Waals surface area contributed by atoms with Crippen LogP contribution in [-0.4, -0.2) is 10.1 Å². The van der Waals surface area contributed by atoms with Crippen molar-refractivity contribution >= 4 is 0 Å². The first-order valence-electron chi connectivity index (χ1n) is 6.35. The summed E-state index contributed by atoms with van der Waals surface area (Å²) in [4.78, 5) is 1.18. The molecule has 0 atom stereocenters. The van der Waals surface area contributed by atoms with E-state index in [-0.39, 0.29) is 0 Å². The van der Waals surface area contributed by atoms with Gasteiger partial charge in [0.15, 0.2) is 5.69 Å². The van der Waals surface area contributed by atoms with Crippen molar-refractivity contribution in [3.05, 3.63) is 71.4 Å². The number of aromatic nitrogens is 2. The van der Waals surface area contributed by atoms with E-state index in [0.29, 0.717) is 21.1 Å². The highest BCUT2D eigenvalue weighted by atomic mass is 16.6. The molecule has 3 rings (SSSR count). The Morgan fingerprint density at radius 3 is 1.95 bits per heavy atom. The third kappa shape index (κ3) is 1.82. The van der Waals surface area contributed by atoms with Crippen molar-refractivity contribution in [2.24, 2.45) is 0 Å². The van der Waals surface area contributed by atoms with Crippen LogP contribution >= 0.6 is 0 Å². The van der Waals surface area contributed by atoms with Crippen LogP contribution in [0.5, 0.6) is 0 Å². The maximum absolute atomic E-state index is 12.2. The fourth-order valence-corrected chi connectivity index (χ4v) is 2.44. The van der Waals surface area contributed by atoms with E-state index in [0.717, 1.165) is 16.7 Å². The van der Waals surface area contributed by atoms with E-state index in [9.17, 15) is 10.4 Å². The number of hydrogen-bond acceptors (Lipinski definition) is 2. The van der Waals surface area contributed by atoms with E-state index >= 15 is 0 Å². The van der Waals surface area contributed by atoms with Crippen molar-refractivity contribution in [3.63, 3.8) is 0 Å². The highest BCUT2D eigenvalue weighted by molar-refractivity contribution is 5.71. The second-order valence-corrected chi connectivity index (χ2v) is 4.62. The van der Waals surface area contributed by atoms with Crippen LogP contribution in [0.3, 0.4) is 0 Å². The first kappa shape index (κ1) is 12.3. The summed E-state index contributed by atoms with van der Waals surface area (Å²) in [6.45, 7) is 1.84. The molecule has 0 aliphatic rings. The molecule has 0 aliphatic carbocycles. The number of rotatable bonds is 2. The number of hydrogen-bond donors (Lipinski definition) is 1. The van der Waals surface area contributed by atoms with Gasteiger partial charge in [-0.25, -0.2) is 0 Å². The van der Waals surface area contributed by atoms with Crippen molar-refractivity contribution in [1.29, 1.82) is 0 Å². The molecule has 0 amide bonds. The first-order valence-corrected chi connectivity index (χ1v) is 6.35. The van der Waals surface area contributed by atoms with Gasteiger partial charge in [-0.05, 0) is 23.9 Å². The van der Waals surface area contributed by atoms with Crippen LogP contribution in [0.15, 0.2) is 60.7 Å². The van der Waals surface area contributed by atoms with Gasteiger partial charge in [0.25, 0.3) is 5.69 Å². The summed E-state index contributed by atoms with van der Waals surface area (Å²) in [5.74, 6) is 0. The van der Waals surface area contributed by atoms with E-state index in [1.165, 1.54) is 0 Å². The van der Waals surface area contributed by atoms with Crippen LogP contribution in [0.4, 0.5) is 0 Å². The van der Waals surface area contributed by atoms with Crippen molar-refractivity contribution < 1.29 is 10.1 Å². The first-order chi connectivity index (χ1) is 9.70. The van der Waals surface area contributed by atoms with Gasteiger partial charge >= 0.3 is 0 Å². The smallest absolute Gasteiger partial charge is 0.258 e. The van der Waals surface area contributed by atoms with Gasteiger partial charge in [0.05, 0.1) is 11.1 Å². The predicted octanol–water partition coefficient (Wildman–Crippen LogP) is 3.00. The summed E-state index contributed by atoms with van der Waals surface area (Å²) in [5.41, 5.74) is 3.32. The molecule has 0 aliphatic heterocycles. The van der Waals surface area contributed by atoms with Crippen LogP contribution in [0.25, 0.3) is 22.5 Å². The molecule has 0 bridgehead atoms. The van der Waals surface area contributed by atoms with Gasteiger partial charge in [0, 0.05) is 10.4 Å². The van der Waals surface area contributed by atoms with Gasteiger partial charge in [-0.3, -0.25) is 0 Å². The molecule has 0 spiro atoms. The molecule has 4 heteroatoms. The minimum Gasteiger partial charge on any atom is -0.593 e. The van der Waals surface area contributed by atoms with Crippen molar-refractivity contribution in [2.45, 2.75) is 6.92 Å². The molecule has 1 heterocycles. The molecule has 0 saturated heterocycles. The molecule has 0 saturated carbocycles. The largest absolute Gasteiger partial charge is 0.593 e. The SMILES string of the molecule is Cc1c(-c2ccccc2)n(O)[n+]([O-])c1-c1ccccc1. The lowest BCUT2D eigenvalue weighted by Gasteiger charge is -2.00. The molecule has 100 valence electrons. The zero-order valence-corrected chi connectivity index (χ0v) is 11.0. The zero-order valence-electron chi connectivity index (χ0n) is 11.0. The molecule has 4 nitrogen and oxygen atoms in total. The highest BCUT2D eigenvalue weighted by Gasteiger charge is 2.26. The highest BCUT2D eigenvalue weighted by Crippen LogP contribution is 2.29. The molecule has 1 aromatic heterocycles. The van der Waals surface area contributed by atoms with Gasteiger partial charge in [0.2, 0.25) is 0 Å². The molecular formula is C16H14N2O2. The lowest BCUT2D eigenvalue weighted by molar-refractivity contribution is -0.714. The minimum atomic E-state index is 0.465. The quantitative estimate of drug-likeness (QED) is 0.440. The zero-order chi connectivity index (χ0) is 14.1. The Balaban J connectivity index is 2.25. The molecular weight excluding hydrogens is 252 g/mol. The van der Waals surface area contributed by atoms with Crippen molar-refractivity contribution in [1.82, 2.24) is 4.85 Å². The summed E-state index contributed by atoms with van der Waals surface area (Å²) in [7, 11) is 0. The molecule has 0 unspecified atom stereocenters. The predicted molar refractivity (Wildman–Crippen MR) is 76.2 cm³/mol. The lowest BCUT2D eigenvalue weighted by Crippen LogP contribution is -2.38. The Morgan fingerprint density at radius 1 is 0.900 bits per heavy atom. The van der Waals surface area contributed by atoms with Gasteiger partial charge in [-0.15, -0.1) is 0 Å². The lowest BCUT2D eigenvalue weighted by atomic mass is 10.0.